The Bertz CT molecular complexity index is 482. The van der Waals surface area contributed by atoms with Crippen molar-refractivity contribution >= 4 is 17.3 Å². The standard InChI is InChI=1S/C13H16N4O/c14-4-1-5-17(12-2-3-12)13(18)9-6-10(15)8-11(16)7-9/h6-8,12H,1-3,5,15-16H2. The topological polar surface area (TPSA) is 96.1 Å². The average molecular weight is 244 g/mol. The molecule has 2 rings (SSSR count). The van der Waals surface area contributed by atoms with E-state index in [1.54, 1.807) is 23.1 Å². The zero-order valence-corrected chi connectivity index (χ0v) is 10.1. The molecule has 0 saturated heterocycles. The number of nitrogens with zero attached hydrogens (tertiary/aromatic N) is 2. The van der Waals surface area contributed by atoms with Crippen molar-refractivity contribution < 1.29 is 4.79 Å². The van der Waals surface area contributed by atoms with Crippen molar-refractivity contribution in [1.82, 2.24) is 4.90 Å². The van der Waals surface area contributed by atoms with Crippen LogP contribution in [0.15, 0.2) is 18.2 Å². The molecule has 0 aliphatic heterocycles. The van der Waals surface area contributed by atoms with Crippen molar-refractivity contribution in [3.63, 3.8) is 0 Å². The SMILES string of the molecule is N#CCCN(C(=O)c1cc(N)cc(N)c1)C1CC1. The summed E-state index contributed by atoms with van der Waals surface area (Å²) in [6, 6.07) is 7.21. The number of carbonyl (C=O) groups excluding carboxylic acids is 1. The molecule has 0 unspecified atom stereocenters. The summed E-state index contributed by atoms with van der Waals surface area (Å²) in [5.41, 5.74) is 12.8. The molecule has 0 spiro atoms. The molecule has 5 nitrogen and oxygen atoms in total. The Morgan fingerprint density at radius 3 is 2.44 bits per heavy atom. The highest BCUT2D eigenvalue weighted by molar-refractivity contribution is 5.96. The second kappa shape index (κ2) is 4.96. The van der Waals surface area contributed by atoms with Gasteiger partial charge in [0.2, 0.25) is 0 Å². The number of benzene rings is 1. The van der Waals surface area contributed by atoms with Crippen LogP contribution >= 0.6 is 0 Å². The van der Waals surface area contributed by atoms with Crippen LogP contribution in [0.5, 0.6) is 0 Å². The molecule has 1 aliphatic carbocycles. The summed E-state index contributed by atoms with van der Waals surface area (Å²) in [4.78, 5) is 14.1. The summed E-state index contributed by atoms with van der Waals surface area (Å²) < 4.78 is 0. The van der Waals surface area contributed by atoms with Gasteiger partial charge in [-0.25, -0.2) is 0 Å². The first-order valence-electron chi connectivity index (χ1n) is 5.96. The van der Waals surface area contributed by atoms with Gasteiger partial charge >= 0.3 is 0 Å². The molecule has 0 heterocycles. The van der Waals surface area contributed by atoms with Crippen molar-refractivity contribution in [2.75, 3.05) is 18.0 Å². The molecule has 5 heteroatoms. The summed E-state index contributed by atoms with van der Waals surface area (Å²) in [6.45, 7) is 0.467. The summed E-state index contributed by atoms with van der Waals surface area (Å²) in [5.74, 6) is -0.0910. The molecule has 94 valence electrons. The van der Waals surface area contributed by atoms with E-state index in [0.717, 1.165) is 12.8 Å². The van der Waals surface area contributed by atoms with Gasteiger partial charge in [0, 0.05) is 29.5 Å². The van der Waals surface area contributed by atoms with Crippen LogP contribution in [0.25, 0.3) is 0 Å². The van der Waals surface area contributed by atoms with E-state index in [9.17, 15) is 4.79 Å². The third kappa shape index (κ3) is 2.72. The van der Waals surface area contributed by atoms with Crippen LogP contribution in [0.4, 0.5) is 11.4 Å². The zero-order chi connectivity index (χ0) is 13.1. The fourth-order valence-electron chi connectivity index (χ4n) is 1.97. The molecular weight excluding hydrogens is 228 g/mol. The molecule has 0 radical (unpaired) electrons. The molecule has 1 saturated carbocycles. The van der Waals surface area contributed by atoms with E-state index < -0.39 is 0 Å². The predicted molar refractivity (Wildman–Crippen MR) is 69.6 cm³/mol. The van der Waals surface area contributed by atoms with Crippen LogP contribution < -0.4 is 11.5 Å². The van der Waals surface area contributed by atoms with Crippen LogP contribution in [-0.2, 0) is 0 Å². The number of hydrogen-bond donors (Lipinski definition) is 2. The first kappa shape index (κ1) is 12.2. The van der Waals surface area contributed by atoms with E-state index in [4.69, 9.17) is 16.7 Å². The minimum Gasteiger partial charge on any atom is -0.399 e. The van der Waals surface area contributed by atoms with E-state index in [1.807, 2.05) is 0 Å². The van der Waals surface area contributed by atoms with Crippen LogP contribution in [0.1, 0.15) is 29.6 Å². The van der Waals surface area contributed by atoms with Gasteiger partial charge in [0.05, 0.1) is 12.5 Å². The van der Waals surface area contributed by atoms with Crippen molar-refractivity contribution in [1.29, 1.82) is 5.26 Å². The maximum Gasteiger partial charge on any atom is 0.254 e. The van der Waals surface area contributed by atoms with Gasteiger partial charge < -0.3 is 16.4 Å². The summed E-state index contributed by atoms with van der Waals surface area (Å²) >= 11 is 0. The van der Waals surface area contributed by atoms with Gasteiger partial charge in [-0.15, -0.1) is 0 Å². The van der Waals surface area contributed by atoms with Gasteiger partial charge in [-0.3, -0.25) is 4.79 Å². The zero-order valence-electron chi connectivity index (χ0n) is 10.1. The lowest BCUT2D eigenvalue weighted by molar-refractivity contribution is 0.0747. The minimum absolute atomic E-state index is 0.0910. The molecule has 1 aliphatic rings. The first-order chi connectivity index (χ1) is 8.61. The molecule has 1 aromatic rings. The number of rotatable bonds is 4. The lowest BCUT2D eigenvalue weighted by Gasteiger charge is -2.21. The summed E-state index contributed by atoms with van der Waals surface area (Å²) in [7, 11) is 0. The first-order valence-corrected chi connectivity index (χ1v) is 5.96. The number of nitrogen functional groups attached to an aromatic ring is 2. The number of anilines is 2. The van der Waals surface area contributed by atoms with Gasteiger partial charge in [0.25, 0.3) is 5.91 Å². The Kier molecular flexibility index (Phi) is 3.38. The molecule has 1 amide bonds. The number of nitriles is 1. The number of amides is 1. The highest BCUT2D eigenvalue weighted by Gasteiger charge is 2.32. The molecule has 1 fully saturated rings. The molecule has 0 atom stereocenters. The maximum atomic E-state index is 12.3. The normalized spacial score (nSPS) is 13.9. The van der Waals surface area contributed by atoms with Crippen LogP contribution in [0.3, 0.4) is 0 Å². The van der Waals surface area contributed by atoms with Crippen molar-refractivity contribution in [3.8, 4) is 6.07 Å². The lowest BCUT2D eigenvalue weighted by Crippen LogP contribution is -2.34. The van der Waals surface area contributed by atoms with E-state index in [2.05, 4.69) is 6.07 Å². The van der Waals surface area contributed by atoms with Gasteiger partial charge in [-0.05, 0) is 31.0 Å². The molecule has 0 bridgehead atoms. The number of nitrogens with two attached hydrogens (primary N) is 2. The third-order valence-electron chi connectivity index (χ3n) is 2.94. The van der Waals surface area contributed by atoms with Crippen molar-refractivity contribution in [3.05, 3.63) is 23.8 Å². The highest BCUT2D eigenvalue weighted by Crippen LogP contribution is 2.29. The Balaban J connectivity index is 2.19. The van der Waals surface area contributed by atoms with E-state index in [1.165, 1.54) is 0 Å². The molecule has 1 aromatic carbocycles. The Labute approximate surface area is 106 Å². The largest absolute Gasteiger partial charge is 0.399 e. The monoisotopic (exact) mass is 244 g/mol. The van der Waals surface area contributed by atoms with Gasteiger partial charge in [0.15, 0.2) is 0 Å². The van der Waals surface area contributed by atoms with E-state index in [0.29, 0.717) is 29.9 Å². The minimum atomic E-state index is -0.0910. The maximum absolute atomic E-state index is 12.3. The average Bonchev–Trinajstić information content (AvgIpc) is 3.12. The fraction of sp³-hybridized carbons (Fsp3) is 0.385. The molecule has 0 aromatic heterocycles. The second-order valence-corrected chi connectivity index (χ2v) is 4.53. The number of carbonyl (C=O) groups is 1. The second-order valence-electron chi connectivity index (χ2n) is 4.53. The van der Waals surface area contributed by atoms with E-state index >= 15 is 0 Å². The van der Waals surface area contributed by atoms with Crippen LogP contribution in [-0.4, -0.2) is 23.4 Å². The third-order valence-corrected chi connectivity index (χ3v) is 2.94. The van der Waals surface area contributed by atoms with Crippen LogP contribution in [0, 0.1) is 11.3 Å². The molecule has 4 N–H and O–H groups in total. The number of hydrogen-bond acceptors (Lipinski definition) is 4. The quantitative estimate of drug-likeness (QED) is 0.782. The van der Waals surface area contributed by atoms with Gasteiger partial charge in [0.1, 0.15) is 0 Å². The Morgan fingerprint density at radius 2 is 1.94 bits per heavy atom. The molecule has 18 heavy (non-hydrogen) atoms. The van der Waals surface area contributed by atoms with Gasteiger partial charge in [-0.1, -0.05) is 0 Å². The summed E-state index contributed by atoms with van der Waals surface area (Å²) in [5, 5.41) is 8.63. The predicted octanol–water partition coefficient (Wildman–Crippen LogP) is 1.37. The van der Waals surface area contributed by atoms with Gasteiger partial charge in [-0.2, -0.15) is 5.26 Å². The van der Waals surface area contributed by atoms with Crippen molar-refractivity contribution in [2.45, 2.75) is 25.3 Å². The smallest absolute Gasteiger partial charge is 0.254 e. The van der Waals surface area contributed by atoms with E-state index in [-0.39, 0.29) is 11.9 Å². The van der Waals surface area contributed by atoms with Crippen molar-refractivity contribution in [2.24, 2.45) is 0 Å². The molecular formula is C13H16N4O. The summed E-state index contributed by atoms with van der Waals surface area (Å²) in [6.07, 6.45) is 2.37. The van der Waals surface area contributed by atoms with Crippen LogP contribution in [0.2, 0.25) is 0 Å². The Hall–Kier alpha value is -2.22. The lowest BCUT2D eigenvalue weighted by atomic mass is 10.1. The Morgan fingerprint density at radius 1 is 1.33 bits per heavy atom. The fourth-order valence-corrected chi connectivity index (χ4v) is 1.97. The highest BCUT2D eigenvalue weighted by atomic mass is 16.2.